The van der Waals surface area contributed by atoms with E-state index in [9.17, 15) is 9.59 Å². The first-order valence-electron chi connectivity index (χ1n) is 7.64. The molecule has 2 amide bonds. The molecule has 0 unspecified atom stereocenters. The maximum absolute atomic E-state index is 12.3. The van der Waals surface area contributed by atoms with Gasteiger partial charge in [-0.3, -0.25) is 9.59 Å². The van der Waals surface area contributed by atoms with Gasteiger partial charge < -0.3 is 15.2 Å². The molecule has 1 aromatic carbocycles. The molecule has 0 fully saturated rings. The minimum absolute atomic E-state index is 0.0124. The summed E-state index contributed by atoms with van der Waals surface area (Å²) in [5.74, 6) is 0.535. The average molecular weight is 382 g/mol. The van der Waals surface area contributed by atoms with E-state index < -0.39 is 0 Å². The Kier molecular flexibility index (Phi) is 6.83. The largest absolute Gasteiger partial charge is 0.370 e. The first kappa shape index (κ1) is 19.3. The molecule has 0 atom stereocenters. The number of amides is 2. The van der Waals surface area contributed by atoms with Crippen LogP contribution in [0.1, 0.15) is 17.8 Å². The summed E-state index contributed by atoms with van der Waals surface area (Å²) in [6.07, 6.45) is 0.656. The van der Waals surface area contributed by atoms with Crippen LogP contribution in [0.15, 0.2) is 29.4 Å². The lowest BCUT2D eigenvalue weighted by atomic mass is 10.2. The van der Waals surface area contributed by atoms with Crippen LogP contribution in [0.5, 0.6) is 0 Å². The van der Waals surface area contributed by atoms with E-state index in [1.54, 1.807) is 35.7 Å². The van der Waals surface area contributed by atoms with Crippen LogP contribution in [0.4, 0.5) is 0 Å². The molecule has 7 nitrogen and oxygen atoms in total. The summed E-state index contributed by atoms with van der Waals surface area (Å²) in [6.45, 7) is 0.513. The number of halogens is 1. The van der Waals surface area contributed by atoms with Crippen molar-refractivity contribution in [2.45, 2.75) is 24.5 Å². The molecule has 0 aliphatic rings. The van der Waals surface area contributed by atoms with Crippen molar-refractivity contribution in [1.29, 1.82) is 0 Å². The summed E-state index contributed by atoms with van der Waals surface area (Å²) in [4.78, 5) is 24.8. The highest BCUT2D eigenvalue weighted by Gasteiger charge is 2.14. The number of carbonyl (C=O) groups excluding carboxylic acids is 2. The number of aryl methyl sites for hydroxylation is 1. The molecule has 1 heterocycles. The van der Waals surface area contributed by atoms with Gasteiger partial charge in [0.25, 0.3) is 0 Å². The molecule has 0 spiro atoms. The summed E-state index contributed by atoms with van der Waals surface area (Å²) in [6, 6.07) is 7.40. The number of primary amides is 1. The Bertz CT molecular complexity index is 747. The van der Waals surface area contributed by atoms with Crippen LogP contribution in [-0.4, -0.2) is 44.3 Å². The van der Waals surface area contributed by atoms with Gasteiger partial charge in [0.05, 0.1) is 5.75 Å². The van der Waals surface area contributed by atoms with E-state index in [1.165, 1.54) is 11.8 Å². The van der Waals surface area contributed by atoms with Gasteiger partial charge in [0, 0.05) is 38.5 Å². The molecule has 2 N–H and O–H groups in total. The fourth-order valence-corrected chi connectivity index (χ4v) is 3.11. The van der Waals surface area contributed by atoms with Gasteiger partial charge in [0.2, 0.25) is 11.8 Å². The summed E-state index contributed by atoms with van der Waals surface area (Å²) in [5.41, 5.74) is 6.15. The zero-order valence-electron chi connectivity index (χ0n) is 14.1. The Balaban J connectivity index is 1.86. The molecule has 0 saturated heterocycles. The van der Waals surface area contributed by atoms with Gasteiger partial charge in [-0.15, -0.1) is 10.2 Å². The Morgan fingerprint density at radius 1 is 1.28 bits per heavy atom. The summed E-state index contributed by atoms with van der Waals surface area (Å²) >= 11 is 7.17. The van der Waals surface area contributed by atoms with E-state index in [2.05, 4.69) is 10.2 Å². The molecule has 0 radical (unpaired) electrons. The second-order valence-corrected chi connectivity index (χ2v) is 6.97. The number of rotatable bonds is 8. The number of aromatic nitrogens is 3. The third-order valence-electron chi connectivity index (χ3n) is 3.60. The van der Waals surface area contributed by atoms with E-state index in [4.69, 9.17) is 17.3 Å². The number of hydrogen-bond acceptors (Lipinski definition) is 5. The molecule has 25 heavy (non-hydrogen) atoms. The zero-order chi connectivity index (χ0) is 18.4. The van der Waals surface area contributed by atoms with Crippen molar-refractivity contribution in [3.05, 3.63) is 40.7 Å². The lowest BCUT2D eigenvalue weighted by Gasteiger charge is -2.17. The lowest BCUT2D eigenvalue weighted by Crippen LogP contribution is -2.27. The molecule has 134 valence electrons. The quantitative estimate of drug-likeness (QED) is 0.701. The van der Waals surface area contributed by atoms with Crippen LogP contribution in [-0.2, 0) is 29.6 Å². The van der Waals surface area contributed by atoms with Crippen LogP contribution in [0.3, 0.4) is 0 Å². The highest BCUT2D eigenvalue weighted by Crippen LogP contribution is 2.17. The van der Waals surface area contributed by atoms with Crippen molar-refractivity contribution in [1.82, 2.24) is 19.7 Å². The predicted octanol–water partition coefficient (Wildman–Crippen LogP) is 1.64. The molecule has 0 saturated carbocycles. The highest BCUT2D eigenvalue weighted by atomic mass is 35.5. The number of benzene rings is 1. The first-order valence-corrected chi connectivity index (χ1v) is 9.01. The Labute approximate surface area is 155 Å². The van der Waals surface area contributed by atoms with E-state index in [0.29, 0.717) is 29.0 Å². The third kappa shape index (κ3) is 5.75. The smallest absolute Gasteiger partial charge is 0.233 e. The van der Waals surface area contributed by atoms with Crippen molar-refractivity contribution in [3.63, 3.8) is 0 Å². The predicted molar refractivity (Wildman–Crippen MR) is 97.2 cm³/mol. The highest BCUT2D eigenvalue weighted by molar-refractivity contribution is 7.99. The van der Waals surface area contributed by atoms with Gasteiger partial charge in [0.15, 0.2) is 5.16 Å². The van der Waals surface area contributed by atoms with E-state index in [1.807, 2.05) is 12.1 Å². The fraction of sp³-hybridized carbons (Fsp3) is 0.375. The minimum Gasteiger partial charge on any atom is -0.370 e. The summed E-state index contributed by atoms with van der Waals surface area (Å²) < 4.78 is 1.78. The standard InChI is InChI=1S/C16H20ClN5O2S/c1-21(9-11-3-5-12(17)6-4-11)15(24)10-25-16-20-19-14(22(16)2)8-7-13(18)23/h3-6H,7-10H2,1-2H3,(H2,18,23). The number of nitrogens with zero attached hydrogens (tertiary/aromatic N) is 4. The molecular formula is C16H20ClN5O2S. The Morgan fingerprint density at radius 3 is 2.60 bits per heavy atom. The van der Waals surface area contributed by atoms with Crippen LogP contribution in [0, 0.1) is 0 Å². The van der Waals surface area contributed by atoms with Gasteiger partial charge in [-0.25, -0.2) is 0 Å². The van der Waals surface area contributed by atoms with Crippen LogP contribution < -0.4 is 5.73 Å². The molecule has 0 bridgehead atoms. The third-order valence-corrected chi connectivity index (χ3v) is 4.86. The SMILES string of the molecule is CN(Cc1ccc(Cl)cc1)C(=O)CSc1nnc(CCC(N)=O)n1C. The van der Waals surface area contributed by atoms with Crippen LogP contribution in [0.2, 0.25) is 5.02 Å². The van der Waals surface area contributed by atoms with Crippen molar-refractivity contribution < 1.29 is 9.59 Å². The Morgan fingerprint density at radius 2 is 1.96 bits per heavy atom. The molecule has 9 heteroatoms. The second kappa shape index (κ2) is 8.87. The molecular weight excluding hydrogens is 362 g/mol. The monoisotopic (exact) mass is 381 g/mol. The van der Waals surface area contributed by atoms with E-state index >= 15 is 0 Å². The van der Waals surface area contributed by atoms with Crippen molar-refractivity contribution in [3.8, 4) is 0 Å². The van der Waals surface area contributed by atoms with Crippen molar-refractivity contribution >= 4 is 35.2 Å². The molecule has 2 rings (SSSR count). The average Bonchev–Trinajstić information content (AvgIpc) is 2.92. The van der Waals surface area contributed by atoms with Crippen molar-refractivity contribution in [2.75, 3.05) is 12.8 Å². The van der Waals surface area contributed by atoms with Gasteiger partial charge in [-0.2, -0.15) is 0 Å². The number of carbonyl (C=O) groups is 2. The van der Waals surface area contributed by atoms with Gasteiger partial charge in [0.1, 0.15) is 5.82 Å². The van der Waals surface area contributed by atoms with E-state index in [-0.39, 0.29) is 24.0 Å². The lowest BCUT2D eigenvalue weighted by molar-refractivity contribution is -0.127. The summed E-state index contributed by atoms with van der Waals surface area (Å²) in [7, 11) is 3.56. The minimum atomic E-state index is -0.379. The molecule has 2 aromatic rings. The molecule has 1 aromatic heterocycles. The van der Waals surface area contributed by atoms with Crippen molar-refractivity contribution in [2.24, 2.45) is 12.8 Å². The topological polar surface area (TPSA) is 94.1 Å². The number of hydrogen-bond donors (Lipinski definition) is 1. The normalized spacial score (nSPS) is 10.7. The number of thioether (sulfide) groups is 1. The molecule has 0 aliphatic heterocycles. The number of nitrogens with two attached hydrogens (primary N) is 1. The van der Waals surface area contributed by atoms with E-state index in [0.717, 1.165) is 5.56 Å². The Hall–Kier alpha value is -2.06. The first-order chi connectivity index (χ1) is 11.9. The van der Waals surface area contributed by atoms with Gasteiger partial charge in [-0.05, 0) is 17.7 Å². The second-order valence-electron chi connectivity index (χ2n) is 5.59. The maximum atomic E-state index is 12.3. The maximum Gasteiger partial charge on any atom is 0.233 e. The fourth-order valence-electron chi connectivity index (χ4n) is 2.11. The van der Waals surface area contributed by atoms with Gasteiger partial charge in [-0.1, -0.05) is 35.5 Å². The molecule has 0 aliphatic carbocycles. The summed E-state index contributed by atoms with van der Waals surface area (Å²) in [5, 5.41) is 9.39. The van der Waals surface area contributed by atoms with Gasteiger partial charge >= 0.3 is 0 Å². The van der Waals surface area contributed by atoms with Crippen LogP contribution >= 0.6 is 23.4 Å². The zero-order valence-corrected chi connectivity index (χ0v) is 15.7. The van der Waals surface area contributed by atoms with Crippen LogP contribution in [0.25, 0.3) is 0 Å².